The predicted molar refractivity (Wildman–Crippen MR) is 150 cm³/mol. The Morgan fingerprint density at radius 1 is 0.375 bits per heavy atom. The molecule has 4 N–H and O–H groups in total. The van der Waals surface area contributed by atoms with Gasteiger partial charge in [0.05, 0.1) is 22.3 Å². The largest absolute Gasteiger partial charge is 0.478 e. The van der Waals surface area contributed by atoms with E-state index in [1.807, 2.05) is 52.0 Å². The lowest BCUT2D eigenvalue weighted by atomic mass is 9.86. The first-order valence-electron chi connectivity index (χ1n) is 12.2. The Morgan fingerprint density at radius 3 is 0.850 bits per heavy atom. The van der Waals surface area contributed by atoms with Gasteiger partial charge in [-0.1, -0.05) is 24.3 Å². The van der Waals surface area contributed by atoms with E-state index < -0.39 is 23.9 Å². The zero-order valence-corrected chi connectivity index (χ0v) is 22.2. The van der Waals surface area contributed by atoms with E-state index in [-0.39, 0.29) is 22.3 Å². The SMILES string of the molecule is Cc1cc(-c2cc(C)c(-c3cc(C(=O)O)cc(C(=O)O)c3)cc2C)c(C)cc1-c1cc(C(=O)O)cc(C(=O)O)c1. The fourth-order valence-corrected chi connectivity index (χ4v) is 4.89. The van der Waals surface area contributed by atoms with Crippen LogP contribution < -0.4 is 0 Å². The molecule has 0 spiro atoms. The lowest BCUT2D eigenvalue weighted by molar-refractivity contribution is 0.0676. The fourth-order valence-electron chi connectivity index (χ4n) is 4.89. The number of benzene rings is 4. The molecule has 8 nitrogen and oxygen atoms in total. The standard InChI is InChI=1S/C32H26O8/c1-15-7-27(17(3)5-25(15)19-9-21(29(33)34)13-22(10-19)30(35)36)28-8-16(2)26(6-18(28)4)20-11-23(31(37)38)14-24(12-20)32(39)40/h5-14H,1-4H3,(H,33,34)(H,35,36)(H,37,38)(H,39,40). The molecular weight excluding hydrogens is 512 g/mol. The van der Waals surface area contributed by atoms with Gasteiger partial charge in [-0.2, -0.15) is 0 Å². The van der Waals surface area contributed by atoms with Gasteiger partial charge in [-0.25, -0.2) is 19.2 Å². The van der Waals surface area contributed by atoms with E-state index in [1.165, 1.54) is 24.3 Å². The summed E-state index contributed by atoms with van der Waals surface area (Å²) in [5, 5.41) is 37.9. The van der Waals surface area contributed by atoms with Crippen molar-refractivity contribution in [1.82, 2.24) is 0 Å². The maximum atomic E-state index is 11.6. The molecule has 0 aliphatic carbocycles. The number of carboxylic acid groups (broad SMARTS) is 4. The first-order chi connectivity index (χ1) is 18.8. The van der Waals surface area contributed by atoms with Gasteiger partial charge in [0.15, 0.2) is 0 Å². The number of carboxylic acids is 4. The van der Waals surface area contributed by atoms with Crippen molar-refractivity contribution in [1.29, 1.82) is 0 Å². The van der Waals surface area contributed by atoms with Crippen molar-refractivity contribution < 1.29 is 39.6 Å². The number of aryl methyl sites for hydroxylation is 4. The molecule has 0 fully saturated rings. The molecule has 0 aliphatic rings. The van der Waals surface area contributed by atoms with Gasteiger partial charge in [-0.3, -0.25) is 0 Å². The third-order valence-electron chi connectivity index (χ3n) is 6.91. The second-order valence-corrected chi connectivity index (χ2v) is 9.78. The summed E-state index contributed by atoms with van der Waals surface area (Å²) in [5.74, 6) is -4.87. The van der Waals surface area contributed by atoms with Crippen molar-refractivity contribution in [2.45, 2.75) is 27.7 Å². The molecule has 0 atom stereocenters. The summed E-state index contributed by atoms with van der Waals surface area (Å²) in [4.78, 5) is 46.4. The normalized spacial score (nSPS) is 10.8. The van der Waals surface area contributed by atoms with E-state index in [4.69, 9.17) is 0 Å². The van der Waals surface area contributed by atoms with Crippen LogP contribution in [0.4, 0.5) is 0 Å². The molecular formula is C32H26O8. The Bertz CT molecular complexity index is 1550. The average Bonchev–Trinajstić information content (AvgIpc) is 2.90. The highest BCUT2D eigenvalue weighted by molar-refractivity contribution is 5.98. The van der Waals surface area contributed by atoms with Gasteiger partial charge < -0.3 is 20.4 Å². The Hall–Kier alpha value is -5.24. The predicted octanol–water partition coefficient (Wildman–Crippen LogP) is 6.71. The van der Waals surface area contributed by atoms with Crippen molar-refractivity contribution >= 4 is 23.9 Å². The van der Waals surface area contributed by atoms with Crippen LogP contribution in [0.5, 0.6) is 0 Å². The highest BCUT2D eigenvalue weighted by Gasteiger charge is 2.18. The van der Waals surface area contributed by atoms with Crippen LogP contribution in [-0.4, -0.2) is 44.3 Å². The van der Waals surface area contributed by atoms with Crippen molar-refractivity contribution in [2.75, 3.05) is 0 Å². The minimum atomic E-state index is -1.22. The quantitative estimate of drug-likeness (QED) is 0.203. The molecule has 0 aromatic heterocycles. The van der Waals surface area contributed by atoms with Crippen molar-refractivity contribution in [2.24, 2.45) is 0 Å². The third kappa shape index (κ3) is 5.33. The molecule has 4 aromatic carbocycles. The van der Waals surface area contributed by atoms with E-state index >= 15 is 0 Å². The minimum absolute atomic E-state index is 0.115. The lowest BCUT2D eigenvalue weighted by Gasteiger charge is -2.18. The summed E-state index contributed by atoms with van der Waals surface area (Å²) >= 11 is 0. The summed E-state index contributed by atoms with van der Waals surface area (Å²) in [5.41, 5.74) is 7.19. The highest BCUT2D eigenvalue weighted by atomic mass is 16.4. The van der Waals surface area contributed by atoms with E-state index in [1.54, 1.807) is 0 Å². The number of rotatable bonds is 7. The first kappa shape index (κ1) is 27.8. The molecule has 202 valence electrons. The van der Waals surface area contributed by atoms with Crippen LogP contribution in [0.2, 0.25) is 0 Å². The highest BCUT2D eigenvalue weighted by Crippen LogP contribution is 2.37. The number of aromatic carboxylic acids is 4. The zero-order chi connectivity index (χ0) is 29.5. The van der Waals surface area contributed by atoms with Gasteiger partial charge in [0, 0.05) is 0 Å². The lowest BCUT2D eigenvalue weighted by Crippen LogP contribution is -2.04. The van der Waals surface area contributed by atoms with Crippen molar-refractivity contribution in [3.63, 3.8) is 0 Å². The molecule has 0 aliphatic heterocycles. The summed E-state index contributed by atoms with van der Waals surface area (Å²) in [7, 11) is 0. The summed E-state index contributed by atoms with van der Waals surface area (Å²) in [6.45, 7) is 7.56. The average molecular weight is 539 g/mol. The molecule has 40 heavy (non-hydrogen) atoms. The van der Waals surface area contributed by atoms with Crippen LogP contribution in [-0.2, 0) is 0 Å². The van der Waals surface area contributed by atoms with E-state index in [2.05, 4.69) is 0 Å². The first-order valence-corrected chi connectivity index (χ1v) is 12.2. The van der Waals surface area contributed by atoms with Crippen molar-refractivity contribution in [3.05, 3.63) is 105 Å². The van der Waals surface area contributed by atoms with E-state index in [0.717, 1.165) is 45.5 Å². The molecule has 4 rings (SSSR count). The van der Waals surface area contributed by atoms with Crippen LogP contribution >= 0.6 is 0 Å². The summed E-state index contributed by atoms with van der Waals surface area (Å²) in [6.07, 6.45) is 0. The van der Waals surface area contributed by atoms with Crippen molar-refractivity contribution in [3.8, 4) is 33.4 Å². The molecule has 8 heteroatoms. The van der Waals surface area contributed by atoms with Crippen LogP contribution in [0, 0.1) is 27.7 Å². The van der Waals surface area contributed by atoms with Gasteiger partial charge in [-0.05, 0) is 120 Å². The van der Waals surface area contributed by atoms with E-state index in [9.17, 15) is 39.6 Å². The van der Waals surface area contributed by atoms with Gasteiger partial charge in [-0.15, -0.1) is 0 Å². The number of hydrogen-bond donors (Lipinski definition) is 4. The Kier molecular flexibility index (Phi) is 7.29. The second-order valence-electron chi connectivity index (χ2n) is 9.78. The Morgan fingerprint density at radius 2 is 0.600 bits per heavy atom. The van der Waals surface area contributed by atoms with Gasteiger partial charge in [0.25, 0.3) is 0 Å². The molecule has 0 amide bonds. The molecule has 0 saturated heterocycles. The smallest absolute Gasteiger partial charge is 0.335 e. The third-order valence-corrected chi connectivity index (χ3v) is 6.91. The topological polar surface area (TPSA) is 149 Å². The van der Waals surface area contributed by atoms with Crippen LogP contribution in [0.1, 0.15) is 63.7 Å². The maximum absolute atomic E-state index is 11.6. The molecule has 0 radical (unpaired) electrons. The minimum Gasteiger partial charge on any atom is -0.478 e. The van der Waals surface area contributed by atoms with E-state index in [0.29, 0.717) is 22.3 Å². The molecule has 0 saturated carbocycles. The van der Waals surface area contributed by atoms with Crippen LogP contribution in [0.3, 0.4) is 0 Å². The molecule has 0 bridgehead atoms. The van der Waals surface area contributed by atoms with Gasteiger partial charge in [0.2, 0.25) is 0 Å². The number of carbonyl (C=O) groups is 4. The van der Waals surface area contributed by atoms with Crippen LogP contribution in [0.15, 0.2) is 60.7 Å². The number of hydrogen-bond acceptors (Lipinski definition) is 4. The Balaban J connectivity index is 1.84. The molecule has 0 heterocycles. The summed E-state index contributed by atoms with van der Waals surface area (Å²) in [6, 6.07) is 15.8. The van der Waals surface area contributed by atoms with Gasteiger partial charge >= 0.3 is 23.9 Å². The zero-order valence-electron chi connectivity index (χ0n) is 22.2. The fraction of sp³-hybridized carbons (Fsp3) is 0.125. The van der Waals surface area contributed by atoms with Gasteiger partial charge in [0.1, 0.15) is 0 Å². The summed E-state index contributed by atoms with van der Waals surface area (Å²) < 4.78 is 0. The molecule has 0 unspecified atom stereocenters. The molecule has 4 aromatic rings. The second kappa shape index (κ2) is 10.5. The van der Waals surface area contributed by atoms with Crippen LogP contribution in [0.25, 0.3) is 33.4 Å². The Labute approximate surface area is 229 Å². The monoisotopic (exact) mass is 538 g/mol. The maximum Gasteiger partial charge on any atom is 0.335 e.